The van der Waals surface area contributed by atoms with Crippen LogP contribution in [-0.2, 0) is 0 Å². The highest BCUT2D eigenvalue weighted by Gasteiger charge is 2.18. The van der Waals surface area contributed by atoms with Crippen LogP contribution in [0.3, 0.4) is 0 Å². The lowest BCUT2D eigenvalue weighted by molar-refractivity contribution is 0.323. The highest BCUT2D eigenvalue weighted by Crippen LogP contribution is 2.46. The van der Waals surface area contributed by atoms with Gasteiger partial charge in [0.2, 0.25) is 5.75 Å². The van der Waals surface area contributed by atoms with Crippen molar-refractivity contribution in [2.24, 2.45) is 0 Å². The number of aromatic nitrogens is 1. The summed E-state index contributed by atoms with van der Waals surface area (Å²) in [5.74, 6) is 1.81. The first-order valence-corrected chi connectivity index (χ1v) is 10.2. The molecule has 1 aromatic heterocycles. The maximum atomic E-state index is 6.30. The molecule has 0 aliphatic rings. The smallest absolute Gasteiger partial charge is 0.203 e. The second kappa shape index (κ2) is 8.31. The normalized spacial score (nSPS) is 10.9. The molecular formula is C23H20ClNO3S. The minimum Gasteiger partial charge on any atom is -0.493 e. The maximum Gasteiger partial charge on any atom is 0.203 e. The van der Waals surface area contributed by atoms with E-state index in [1.54, 1.807) is 33.1 Å². The molecule has 148 valence electrons. The van der Waals surface area contributed by atoms with Crippen molar-refractivity contribution in [2.45, 2.75) is 9.79 Å². The molecule has 0 unspecified atom stereocenters. The van der Waals surface area contributed by atoms with E-state index in [2.05, 4.69) is 17.1 Å². The SMILES string of the molecule is COc1cc(Sc2c(-c3ccccc3)[nH]c3ccc(Cl)cc23)cc(OC)c1OC. The van der Waals surface area contributed by atoms with E-state index in [1.165, 1.54) is 0 Å². The largest absolute Gasteiger partial charge is 0.493 e. The number of methoxy groups -OCH3 is 3. The Morgan fingerprint density at radius 2 is 1.52 bits per heavy atom. The number of nitrogens with one attached hydrogen (secondary N) is 1. The first-order chi connectivity index (χ1) is 14.1. The third kappa shape index (κ3) is 3.76. The summed E-state index contributed by atoms with van der Waals surface area (Å²) in [6.07, 6.45) is 0. The lowest BCUT2D eigenvalue weighted by atomic mass is 10.1. The summed E-state index contributed by atoms with van der Waals surface area (Å²) in [7, 11) is 4.83. The molecule has 3 aromatic carbocycles. The van der Waals surface area contributed by atoms with Gasteiger partial charge in [-0.1, -0.05) is 53.7 Å². The zero-order valence-electron chi connectivity index (χ0n) is 16.3. The van der Waals surface area contributed by atoms with Gasteiger partial charge in [-0.05, 0) is 35.9 Å². The molecular weight excluding hydrogens is 406 g/mol. The molecule has 0 amide bonds. The molecule has 0 saturated heterocycles. The van der Waals surface area contributed by atoms with E-state index in [4.69, 9.17) is 25.8 Å². The number of hydrogen-bond donors (Lipinski definition) is 1. The van der Waals surface area contributed by atoms with Crippen LogP contribution in [0, 0.1) is 0 Å². The zero-order chi connectivity index (χ0) is 20.4. The highest BCUT2D eigenvalue weighted by atomic mass is 35.5. The Hall–Kier alpha value is -2.76. The number of ether oxygens (including phenoxy) is 3. The predicted octanol–water partition coefficient (Wildman–Crippen LogP) is 6.67. The topological polar surface area (TPSA) is 43.5 Å². The summed E-state index contributed by atoms with van der Waals surface area (Å²) in [6.45, 7) is 0. The molecule has 4 nitrogen and oxygen atoms in total. The fourth-order valence-corrected chi connectivity index (χ4v) is 4.58. The third-order valence-corrected chi connectivity index (χ3v) is 5.97. The lowest BCUT2D eigenvalue weighted by Crippen LogP contribution is -1.95. The van der Waals surface area contributed by atoms with Gasteiger partial charge in [0.1, 0.15) is 0 Å². The van der Waals surface area contributed by atoms with Gasteiger partial charge in [0.25, 0.3) is 0 Å². The summed E-state index contributed by atoms with van der Waals surface area (Å²) in [4.78, 5) is 5.60. The van der Waals surface area contributed by atoms with Crippen LogP contribution < -0.4 is 14.2 Å². The van der Waals surface area contributed by atoms with Gasteiger partial charge >= 0.3 is 0 Å². The van der Waals surface area contributed by atoms with Crippen LogP contribution in [0.5, 0.6) is 17.2 Å². The van der Waals surface area contributed by atoms with E-state index in [-0.39, 0.29) is 0 Å². The summed E-state index contributed by atoms with van der Waals surface area (Å²) >= 11 is 7.93. The second-order valence-corrected chi connectivity index (χ2v) is 7.87. The summed E-state index contributed by atoms with van der Waals surface area (Å²) in [6, 6.07) is 20.0. The molecule has 0 spiro atoms. The average Bonchev–Trinajstić information content (AvgIpc) is 3.11. The molecule has 4 aromatic rings. The van der Waals surface area contributed by atoms with Crippen LogP contribution in [0.2, 0.25) is 5.02 Å². The zero-order valence-corrected chi connectivity index (χ0v) is 17.9. The summed E-state index contributed by atoms with van der Waals surface area (Å²) in [5, 5.41) is 1.76. The van der Waals surface area contributed by atoms with Gasteiger partial charge in [-0.25, -0.2) is 0 Å². The Kier molecular flexibility index (Phi) is 5.60. The van der Waals surface area contributed by atoms with Gasteiger partial charge < -0.3 is 19.2 Å². The molecule has 4 rings (SSSR count). The third-order valence-electron chi connectivity index (χ3n) is 4.63. The van der Waals surface area contributed by atoms with Crippen LogP contribution >= 0.6 is 23.4 Å². The monoisotopic (exact) mass is 425 g/mol. The van der Waals surface area contributed by atoms with Crippen molar-refractivity contribution >= 4 is 34.3 Å². The van der Waals surface area contributed by atoms with Gasteiger partial charge in [-0.2, -0.15) is 0 Å². The van der Waals surface area contributed by atoms with Crippen LogP contribution in [0.25, 0.3) is 22.2 Å². The number of H-pyrrole nitrogens is 1. The Balaban J connectivity index is 1.89. The van der Waals surface area contributed by atoms with E-state index in [9.17, 15) is 0 Å². The minimum absolute atomic E-state index is 0.574. The Morgan fingerprint density at radius 1 is 0.828 bits per heavy atom. The van der Waals surface area contributed by atoms with Crippen molar-refractivity contribution in [2.75, 3.05) is 21.3 Å². The predicted molar refractivity (Wildman–Crippen MR) is 119 cm³/mol. The molecule has 29 heavy (non-hydrogen) atoms. The average molecular weight is 426 g/mol. The highest BCUT2D eigenvalue weighted by molar-refractivity contribution is 7.99. The maximum absolute atomic E-state index is 6.30. The van der Waals surface area contributed by atoms with Crippen molar-refractivity contribution < 1.29 is 14.2 Å². The Morgan fingerprint density at radius 3 is 2.14 bits per heavy atom. The molecule has 0 aliphatic heterocycles. The van der Waals surface area contributed by atoms with Gasteiger partial charge in [-0.15, -0.1) is 0 Å². The molecule has 6 heteroatoms. The molecule has 0 bridgehead atoms. The minimum atomic E-state index is 0.574. The van der Waals surface area contributed by atoms with E-state index < -0.39 is 0 Å². The quantitative estimate of drug-likeness (QED) is 0.375. The van der Waals surface area contributed by atoms with E-state index in [0.29, 0.717) is 22.3 Å². The first-order valence-electron chi connectivity index (χ1n) is 8.99. The van der Waals surface area contributed by atoms with E-state index in [1.807, 2.05) is 48.5 Å². The standard InChI is InChI=1S/C23H20ClNO3S/c1-26-19-12-16(13-20(27-2)22(19)28-3)29-23-17-11-15(24)9-10-18(17)25-21(23)14-7-5-4-6-8-14/h4-13,25H,1-3H3. The molecule has 1 N–H and O–H groups in total. The van der Waals surface area contributed by atoms with Crippen LogP contribution in [0.4, 0.5) is 0 Å². The van der Waals surface area contributed by atoms with E-state index in [0.717, 1.165) is 32.0 Å². The summed E-state index contributed by atoms with van der Waals surface area (Å²) < 4.78 is 16.5. The van der Waals surface area contributed by atoms with Crippen LogP contribution in [0.1, 0.15) is 0 Å². The Labute approximate surface area is 178 Å². The Bertz CT molecular complexity index is 1130. The van der Waals surface area contributed by atoms with Gasteiger partial charge in [0, 0.05) is 25.7 Å². The van der Waals surface area contributed by atoms with E-state index >= 15 is 0 Å². The van der Waals surface area contributed by atoms with Gasteiger partial charge in [0.15, 0.2) is 11.5 Å². The first kappa shape index (κ1) is 19.6. The number of halogens is 1. The molecule has 0 aliphatic carbocycles. The molecule has 1 heterocycles. The number of fused-ring (bicyclic) bond motifs is 1. The molecule has 0 radical (unpaired) electrons. The lowest BCUT2D eigenvalue weighted by Gasteiger charge is -2.14. The number of benzene rings is 3. The van der Waals surface area contributed by atoms with Gasteiger partial charge in [-0.3, -0.25) is 0 Å². The summed E-state index contributed by atoms with van der Waals surface area (Å²) in [5.41, 5.74) is 3.18. The van der Waals surface area contributed by atoms with Crippen molar-refractivity contribution in [1.29, 1.82) is 0 Å². The second-order valence-electron chi connectivity index (χ2n) is 6.35. The fourth-order valence-electron chi connectivity index (χ4n) is 3.29. The molecule has 0 saturated carbocycles. The molecule has 0 atom stereocenters. The van der Waals surface area contributed by atoms with Gasteiger partial charge in [0.05, 0.1) is 27.0 Å². The van der Waals surface area contributed by atoms with Crippen molar-refractivity contribution in [3.05, 3.63) is 65.7 Å². The van der Waals surface area contributed by atoms with Crippen molar-refractivity contribution in [1.82, 2.24) is 4.98 Å². The van der Waals surface area contributed by atoms with Crippen molar-refractivity contribution in [3.8, 4) is 28.5 Å². The van der Waals surface area contributed by atoms with Crippen LogP contribution in [-0.4, -0.2) is 26.3 Å². The molecule has 0 fully saturated rings. The fraction of sp³-hybridized carbons (Fsp3) is 0.130. The number of rotatable bonds is 6. The number of hydrogen-bond acceptors (Lipinski definition) is 4. The number of aromatic amines is 1. The van der Waals surface area contributed by atoms with Crippen molar-refractivity contribution in [3.63, 3.8) is 0 Å². The van der Waals surface area contributed by atoms with Crippen LogP contribution in [0.15, 0.2) is 70.5 Å².